The first-order valence-corrected chi connectivity index (χ1v) is 5.31. The molecule has 6 heteroatoms. The van der Waals surface area contributed by atoms with Crippen molar-refractivity contribution in [1.29, 1.82) is 0 Å². The summed E-state index contributed by atoms with van der Waals surface area (Å²) in [5.74, 6) is 0. The molecule has 0 heterocycles. The highest BCUT2D eigenvalue weighted by Crippen LogP contribution is 2.15. The zero-order valence-corrected chi connectivity index (χ0v) is 9.63. The van der Waals surface area contributed by atoms with Crippen LogP contribution < -0.4 is 0 Å². The van der Waals surface area contributed by atoms with E-state index in [1.807, 2.05) is 0 Å². The smallest absolute Gasteiger partial charge is 0.390 e. The number of hydrogen-bond donors (Lipinski definition) is 1. The molecule has 1 N–H and O–H groups in total. The lowest BCUT2D eigenvalue weighted by atomic mass is 10.1. The van der Waals surface area contributed by atoms with Gasteiger partial charge < -0.3 is 9.84 Å². The Morgan fingerprint density at radius 1 is 1.24 bits per heavy atom. The van der Waals surface area contributed by atoms with Crippen LogP contribution in [0.1, 0.15) is 5.56 Å². The van der Waals surface area contributed by atoms with Crippen molar-refractivity contribution in [3.63, 3.8) is 0 Å². The molecule has 0 aliphatic rings. The Kier molecular flexibility index (Phi) is 5.24. The summed E-state index contributed by atoms with van der Waals surface area (Å²) in [7, 11) is 0. The second-order valence-corrected chi connectivity index (χ2v) is 4.05. The summed E-state index contributed by atoms with van der Waals surface area (Å²) in [6.45, 7) is -1.69. The van der Waals surface area contributed by atoms with Crippen molar-refractivity contribution in [1.82, 2.24) is 0 Å². The third-order valence-electron chi connectivity index (χ3n) is 1.96. The number of aliphatic hydroxyl groups is 1. The molecule has 0 aliphatic heterocycles. The average molecular weight is 269 g/mol. The molecule has 0 aromatic heterocycles. The van der Waals surface area contributed by atoms with Gasteiger partial charge in [0, 0.05) is 11.4 Å². The van der Waals surface area contributed by atoms with Crippen molar-refractivity contribution < 1.29 is 23.0 Å². The van der Waals surface area contributed by atoms with E-state index in [0.717, 1.165) is 5.56 Å². The molecule has 1 atom stereocenters. The van der Waals surface area contributed by atoms with Gasteiger partial charge in [-0.05, 0) is 17.7 Å². The highest BCUT2D eigenvalue weighted by molar-refractivity contribution is 6.30. The quantitative estimate of drug-likeness (QED) is 0.890. The Labute approximate surface area is 102 Å². The molecule has 0 bridgehead atoms. The summed E-state index contributed by atoms with van der Waals surface area (Å²) in [5.41, 5.74) is 0.789. The molecule has 1 aromatic carbocycles. The number of ether oxygens (including phenoxy) is 1. The van der Waals surface area contributed by atoms with Gasteiger partial charge in [0.15, 0.2) is 0 Å². The fourth-order valence-corrected chi connectivity index (χ4v) is 1.39. The molecule has 0 amide bonds. The molecule has 17 heavy (non-hydrogen) atoms. The highest BCUT2D eigenvalue weighted by Gasteiger charge is 2.27. The maximum absolute atomic E-state index is 11.8. The molecular weight excluding hydrogens is 257 g/mol. The number of alkyl halides is 3. The first-order chi connectivity index (χ1) is 7.87. The molecular formula is C11H12ClF3O2. The van der Waals surface area contributed by atoms with Crippen molar-refractivity contribution in [2.45, 2.75) is 18.7 Å². The predicted molar refractivity (Wildman–Crippen MR) is 58.0 cm³/mol. The maximum atomic E-state index is 11.8. The van der Waals surface area contributed by atoms with Gasteiger partial charge >= 0.3 is 6.18 Å². The van der Waals surface area contributed by atoms with Crippen LogP contribution >= 0.6 is 11.6 Å². The minimum atomic E-state index is -4.36. The fourth-order valence-electron chi connectivity index (χ4n) is 1.26. The Bertz CT molecular complexity index is 338. The largest absolute Gasteiger partial charge is 0.411 e. The van der Waals surface area contributed by atoms with Gasteiger partial charge in [-0.15, -0.1) is 0 Å². The third-order valence-corrected chi connectivity index (χ3v) is 2.21. The zero-order valence-electron chi connectivity index (χ0n) is 8.88. The SMILES string of the molecule is OC(COCC(F)(F)F)Cc1ccc(Cl)cc1. The number of benzene rings is 1. The van der Waals surface area contributed by atoms with E-state index in [4.69, 9.17) is 11.6 Å². The molecule has 1 unspecified atom stereocenters. The highest BCUT2D eigenvalue weighted by atomic mass is 35.5. The standard InChI is InChI=1S/C11H12ClF3O2/c12-9-3-1-8(2-4-9)5-10(16)6-17-7-11(13,14)15/h1-4,10,16H,5-7H2. The lowest BCUT2D eigenvalue weighted by molar-refractivity contribution is -0.179. The van der Waals surface area contributed by atoms with E-state index in [-0.39, 0.29) is 13.0 Å². The zero-order chi connectivity index (χ0) is 12.9. The van der Waals surface area contributed by atoms with E-state index in [9.17, 15) is 18.3 Å². The van der Waals surface area contributed by atoms with Gasteiger partial charge in [0.05, 0.1) is 12.7 Å². The Morgan fingerprint density at radius 2 is 1.82 bits per heavy atom. The Balaban J connectivity index is 2.30. The lowest BCUT2D eigenvalue weighted by Crippen LogP contribution is -2.24. The summed E-state index contributed by atoms with van der Waals surface area (Å²) < 4.78 is 39.6. The fraction of sp³-hybridized carbons (Fsp3) is 0.455. The molecule has 0 fully saturated rings. The van der Waals surface area contributed by atoms with E-state index >= 15 is 0 Å². The third kappa shape index (κ3) is 6.51. The van der Waals surface area contributed by atoms with Crippen LogP contribution in [-0.2, 0) is 11.2 Å². The topological polar surface area (TPSA) is 29.5 Å². The molecule has 1 rings (SSSR count). The van der Waals surface area contributed by atoms with Gasteiger partial charge in [-0.2, -0.15) is 13.2 Å². The van der Waals surface area contributed by atoms with Crippen molar-refractivity contribution in [2.75, 3.05) is 13.2 Å². The monoisotopic (exact) mass is 268 g/mol. The normalized spacial score (nSPS) is 13.7. The van der Waals surface area contributed by atoms with E-state index in [2.05, 4.69) is 4.74 Å². The van der Waals surface area contributed by atoms with Gasteiger partial charge in [0.2, 0.25) is 0 Å². The van der Waals surface area contributed by atoms with Gasteiger partial charge in [0.25, 0.3) is 0 Å². The molecule has 0 saturated heterocycles. The maximum Gasteiger partial charge on any atom is 0.411 e. The van der Waals surface area contributed by atoms with Crippen molar-refractivity contribution in [3.8, 4) is 0 Å². The van der Waals surface area contributed by atoms with Gasteiger partial charge in [-0.1, -0.05) is 23.7 Å². The predicted octanol–water partition coefficient (Wildman–Crippen LogP) is 2.82. The van der Waals surface area contributed by atoms with E-state index in [1.54, 1.807) is 24.3 Å². The molecule has 0 radical (unpaired) electrons. The van der Waals surface area contributed by atoms with Gasteiger partial charge in [-0.3, -0.25) is 0 Å². The number of halogens is 4. The molecule has 1 aromatic rings. The summed E-state index contributed by atoms with van der Waals surface area (Å²) in [6, 6.07) is 6.71. The number of aliphatic hydroxyl groups excluding tert-OH is 1. The molecule has 0 spiro atoms. The molecule has 0 aliphatic carbocycles. The Hall–Kier alpha value is -0.780. The first-order valence-electron chi connectivity index (χ1n) is 4.94. The second-order valence-electron chi connectivity index (χ2n) is 3.61. The van der Waals surface area contributed by atoms with E-state index in [1.165, 1.54) is 0 Å². The summed E-state index contributed by atoms with van der Waals surface area (Å²) >= 11 is 5.67. The molecule has 0 saturated carbocycles. The molecule has 96 valence electrons. The van der Waals surface area contributed by atoms with Crippen LogP contribution in [0.15, 0.2) is 24.3 Å². The molecule has 2 nitrogen and oxygen atoms in total. The van der Waals surface area contributed by atoms with Crippen molar-refractivity contribution in [3.05, 3.63) is 34.9 Å². The van der Waals surface area contributed by atoms with Crippen LogP contribution in [-0.4, -0.2) is 30.6 Å². The summed E-state index contributed by atoms with van der Waals surface area (Å²) in [6.07, 6.45) is -5.09. The van der Waals surface area contributed by atoms with Gasteiger partial charge in [0.1, 0.15) is 6.61 Å². The Morgan fingerprint density at radius 3 is 2.35 bits per heavy atom. The van der Waals surface area contributed by atoms with Crippen molar-refractivity contribution >= 4 is 11.6 Å². The van der Waals surface area contributed by atoms with Crippen molar-refractivity contribution in [2.24, 2.45) is 0 Å². The first kappa shape index (κ1) is 14.3. The average Bonchev–Trinajstić information content (AvgIpc) is 2.19. The number of rotatable bonds is 5. The van der Waals surface area contributed by atoms with Crippen LogP contribution in [0.5, 0.6) is 0 Å². The lowest BCUT2D eigenvalue weighted by Gasteiger charge is -2.12. The van der Waals surface area contributed by atoms with Crippen LogP contribution in [0.3, 0.4) is 0 Å². The van der Waals surface area contributed by atoms with E-state index in [0.29, 0.717) is 5.02 Å². The minimum absolute atomic E-state index is 0.231. The van der Waals surface area contributed by atoms with Gasteiger partial charge in [-0.25, -0.2) is 0 Å². The second kappa shape index (κ2) is 6.23. The van der Waals surface area contributed by atoms with Crippen LogP contribution in [0.2, 0.25) is 5.02 Å². The minimum Gasteiger partial charge on any atom is -0.390 e. The summed E-state index contributed by atoms with van der Waals surface area (Å²) in [4.78, 5) is 0. The summed E-state index contributed by atoms with van der Waals surface area (Å²) in [5, 5.41) is 10.0. The van der Waals surface area contributed by atoms with E-state index < -0.39 is 18.9 Å². The van der Waals surface area contributed by atoms with Crippen LogP contribution in [0.4, 0.5) is 13.2 Å². The van der Waals surface area contributed by atoms with Crippen LogP contribution in [0, 0.1) is 0 Å². The van der Waals surface area contributed by atoms with Crippen LogP contribution in [0.25, 0.3) is 0 Å². The number of hydrogen-bond acceptors (Lipinski definition) is 2.